The second kappa shape index (κ2) is 7.01. The fourth-order valence-electron chi connectivity index (χ4n) is 1.83. The molecule has 0 spiro atoms. The van der Waals surface area contributed by atoms with Gasteiger partial charge in [-0.05, 0) is 29.7 Å². The fraction of sp³-hybridized carbons (Fsp3) is 0.188. The molecule has 3 nitrogen and oxygen atoms in total. The summed E-state index contributed by atoms with van der Waals surface area (Å²) in [5.41, 5.74) is 2.03. The second-order valence-corrected chi connectivity index (χ2v) is 5.69. The molecule has 1 atom stereocenters. The van der Waals surface area contributed by atoms with Gasteiger partial charge in [0.15, 0.2) is 0 Å². The smallest absolute Gasteiger partial charge is 0.316 e. The largest absolute Gasteiger partial charge is 0.508 e. The third-order valence-corrected chi connectivity index (χ3v) is 4.20. The lowest BCUT2D eigenvalue weighted by molar-refractivity contribution is -0.136. The lowest BCUT2D eigenvalue weighted by atomic mass is 10.1. The van der Waals surface area contributed by atoms with Crippen molar-refractivity contribution in [3.05, 3.63) is 65.7 Å². The molecule has 0 heterocycles. The van der Waals surface area contributed by atoms with Crippen LogP contribution in [0.5, 0.6) is 5.75 Å². The number of carboxylic acids is 1. The summed E-state index contributed by atoms with van der Waals surface area (Å²) in [7, 11) is 0. The molecule has 4 heteroatoms. The molecule has 2 aromatic rings. The van der Waals surface area contributed by atoms with Crippen LogP contribution in [0.1, 0.15) is 11.1 Å². The van der Waals surface area contributed by atoms with Crippen LogP contribution < -0.4 is 0 Å². The molecule has 2 aromatic carbocycles. The van der Waals surface area contributed by atoms with Gasteiger partial charge in [-0.2, -0.15) is 0 Å². The Morgan fingerprint density at radius 1 is 1.00 bits per heavy atom. The fourth-order valence-corrected chi connectivity index (χ4v) is 2.87. The lowest BCUT2D eigenvalue weighted by Crippen LogP contribution is -2.19. The zero-order valence-corrected chi connectivity index (χ0v) is 11.7. The van der Waals surface area contributed by atoms with Gasteiger partial charge < -0.3 is 10.2 Å². The second-order valence-electron chi connectivity index (χ2n) is 4.49. The maximum atomic E-state index is 11.3. The highest BCUT2D eigenvalue weighted by atomic mass is 32.2. The number of phenols is 1. The number of aliphatic carboxylic acids is 1. The highest BCUT2D eigenvalue weighted by molar-refractivity contribution is 7.99. The highest BCUT2D eigenvalue weighted by Crippen LogP contribution is 2.22. The van der Waals surface area contributed by atoms with Gasteiger partial charge >= 0.3 is 5.97 Å². The quantitative estimate of drug-likeness (QED) is 0.856. The van der Waals surface area contributed by atoms with E-state index in [1.807, 2.05) is 42.5 Å². The van der Waals surface area contributed by atoms with Crippen LogP contribution in [-0.4, -0.2) is 21.4 Å². The zero-order chi connectivity index (χ0) is 14.4. The molecule has 0 fully saturated rings. The number of carbonyl (C=O) groups is 1. The molecule has 0 saturated carbocycles. The maximum absolute atomic E-state index is 11.3. The molecule has 0 aromatic heterocycles. The Hall–Kier alpha value is -1.94. The van der Waals surface area contributed by atoms with Crippen molar-refractivity contribution in [2.45, 2.75) is 17.4 Å². The number of hydrogen-bond acceptors (Lipinski definition) is 3. The minimum Gasteiger partial charge on any atom is -0.508 e. The Morgan fingerprint density at radius 2 is 1.65 bits per heavy atom. The average molecular weight is 288 g/mol. The lowest BCUT2D eigenvalue weighted by Gasteiger charge is -2.12. The molecule has 0 bridgehead atoms. The molecule has 2 N–H and O–H groups in total. The normalized spacial score (nSPS) is 12.0. The van der Waals surface area contributed by atoms with Crippen LogP contribution in [0.15, 0.2) is 54.6 Å². The van der Waals surface area contributed by atoms with E-state index in [-0.39, 0.29) is 5.75 Å². The number of phenolic OH excluding ortho intramolecular Hbond substituents is 1. The molecular formula is C16H16O3S. The summed E-state index contributed by atoms with van der Waals surface area (Å²) in [6.07, 6.45) is 0.513. The Bertz CT molecular complexity index is 552. The van der Waals surface area contributed by atoms with E-state index in [1.54, 1.807) is 12.1 Å². The molecule has 104 valence electrons. The Labute approximate surface area is 122 Å². The summed E-state index contributed by atoms with van der Waals surface area (Å²) in [6.45, 7) is 0. The molecule has 2 rings (SSSR count). The summed E-state index contributed by atoms with van der Waals surface area (Å²) >= 11 is 1.40. The molecule has 1 unspecified atom stereocenters. The van der Waals surface area contributed by atoms with Crippen LogP contribution in [0.25, 0.3) is 0 Å². The van der Waals surface area contributed by atoms with Crippen molar-refractivity contribution < 1.29 is 15.0 Å². The topological polar surface area (TPSA) is 57.5 Å². The minimum atomic E-state index is -0.794. The van der Waals surface area contributed by atoms with Crippen LogP contribution in [0.2, 0.25) is 0 Å². The Kier molecular flexibility index (Phi) is 5.07. The SMILES string of the molecule is O=C(O)C(Cc1ccccc1)SCc1ccc(O)cc1. The number of hydrogen-bond donors (Lipinski definition) is 2. The van der Waals surface area contributed by atoms with Gasteiger partial charge in [0.1, 0.15) is 11.0 Å². The van der Waals surface area contributed by atoms with Crippen LogP contribution >= 0.6 is 11.8 Å². The number of rotatable bonds is 6. The van der Waals surface area contributed by atoms with E-state index >= 15 is 0 Å². The van der Waals surface area contributed by atoms with Gasteiger partial charge in [0, 0.05) is 5.75 Å². The highest BCUT2D eigenvalue weighted by Gasteiger charge is 2.18. The van der Waals surface area contributed by atoms with Crippen molar-refractivity contribution >= 4 is 17.7 Å². The van der Waals surface area contributed by atoms with Gasteiger partial charge in [0.2, 0.25) is 0 Å². The van der Waals surface area contributed by atoms with E-state index in [0.29, 0.717) is 12.2 Å². The minimum absolute atomic E-state index is 0.220. The zero-order valence-electron chi connectivity index (χ0n) is 10.9. The third kappa shape index (κ3) is 4.31. The number of aromatic hydroxyl groups is 1. The van der Waals surface area contributed by atoms with Crippen LogP contribution in [-0.2, 0) is 17.0 Å². The summed E-state index contributed by atoms with van der Waals surface area (Å²) < 4.78 is 0. The molecule has 0 saturated heterocycles. The molecule has 20 heavy (non-hydrogen) atoms. The third-order valence-electron chi connectivity index (χ3n) is 2.93. The Morgan fingerprint density at radius 3 is 2.25 bits per heavy atom. The molecule has 0 aliphatic heterocycles. The van der Waals surface area contributed by atoms with Crippen LogP contribution in [0, 0.1) is 0 Å². The van der Waals surface area contributed by atoms with Gasteiger partial charge in [0.05, 0.1) is 0 Å². The van der Waals surface area contributed by atoms with Crippen molar-refractivity contribution in [2.24, 2.45) is 0 Å². The van der Waals surface area contributed by atoms with E-state index in [9.17, 15) is 15.0 Å². The number of thioether (sulfide) groups is 1. The number of benzene rings is 2. The van der Waals surface area contributed by atoms with E-state index < -0.39 is 11.2 Å². The van der Waals surface area contributed by atoms with Crippen molar-refractivity contribution in [1.82, 2.24) is 0 Å². The van der Waals surface area contributed by atoms with Gasteiger partial charge in [-0.25, -0.2) is 0 Å². The van der Waals surface area contributed by atoms with Crippen LogP contribution in [0.3, 0.4) is 0 Å². The summed E-state index contributed by atoms with van der Waals surface area (Å²) in [5.74, 6) is 0.0415. The standard InChI is InChI=1S/C16H16O3S/c17-14-8-6-13(7-9-14)11-20-15(16(18)19)10-12-4-2-1-3-5-12/h1-9,15,17H,10-11H2,(H,18,19). The van der Waals surface area contributed by atoms with E-state index in [1.165, 1.54) is 11.8 Å². The number of carboxylic acid groups (broad SMARTS) is 1. The monoisotopic (exact) mass is 288 g/mol. The van der Waals surface area contributed by atoms with Crippen LogP contribution in [0.4, 0.5) is 0 Å². The van der Waals surface area contributed by atoms with Crippen molar-refractivity contribution in [3.8, 4) is 5.75 Å². The van der Waals surface area contributed by atoms with E-state index in [4.69, 9.17) is 0 Å². The van der Waals surface area contributed by atoms with Crippen molar-refractivity contribution in [1.29, 1.82) is 0 Å². The van der Waals surface area contributed by atoms with E-state index in [0.717, 1.165) is 11.1 Å². The maximum Gasteiger partial charge on any atom is 0.316 e. The molecule has 0 aliphatic carbocycles. The molecule has 0 aliphatic rings. The first kappa shape index (κ1) is 14.5. The molecule has 0 radical (unpaired) electrons. The average Bonchev–Trinajstić information content (AvgIpc) is 2.46. The predicted molar refractivity (Wildman–Crippen MR) is 81.0 cm³/mol. The van der Waals surface area contributed by atoms with Gasteiger partial charge in [-0.15, -0.1) is 11.8 Å². The first-order valence-corrected chi connectivity index (χ1v) is 7.36. The van der Waals surface area contributed by atoms with Crippen molar-refractivity contribution in [3.63, 3.8) is 0 Å². The van der Waals surface area contributed by atoms with Gasteiger partial charge in [0.25, 0.3) is 0 Å². The Balaban J connectivity index is 1.96. The molecule has 0 amide bonds. The summed E-state index contributed by atoms with van der Waals surface area (Å²) in [6, 6.07) is 16.5. The summed E-state index contributed by atoms with van der Waals surface area (Å²) in [5, 5.41) is 18.0. The predicted octanol–water partition coefficient (Wildman–Crippen LogP) is 3.32. The van der Waals surface area contributed by atoms with E-state index in [2.05, 4.69) is 0 Å². The first-order valence-electron chi connectivity index (χ1n) is 6.31. The summed E-state index contributed by atoms with van der Waals surface area (Å²) in [4.78, 5) is 11.3. The molecular weight excluding hydrogens is 272 g/mol. The van der Waals surface area contributed by atoms with Gasteiger partial charge in [-0.3, -0.25) is 4.79 Å². The first-order chi connectivity index (χ1) is 9.65. The van der Waals surface area contributed by atoms with Crippen molar-refractivity contribution in [2.75, 3.05) is 0 Å². The van der Waals surface area contributed by atoms with Gasteiger partial charge in [-0.1, -0.05) is 42.5 Å².